The average molecular weight is 284 g/mol. The van der Waals surface area contributed by atoms with E-state index in [0.29, 0.717) is 19.1 Å². The van der Waals surface area contributed by atoms with Gasteiger partial charge in [0.2, 0.25) is 0 Å². The molecule has 1 heterocycles. The minimum atomic E-state index is -2.90. The van der Waals surface area contributed by atoms with Crippen LogP contribution in [0.25, 0.3) is 0 Å². The Kier molecular flexibility index (Phi) is 5.94. The van der Waals surface area contributed by atoms with Crippen molar-refractivity contribution in [1.82, 2.24) is 5.32 Å². The Hall–Kier alpha value is 0.400. The van der Waals surface area contributed by atoms with E-state index in [-0.39, 0.29) is 18.1 Å². The zero-order valence-corrected chi connectivity index (χ0v) is 12.3. The van der Waals surface area contributed by atoms with E-state index in [1.807, 2.05) is 13.8 Å². The molecule has 2 unspecified atom stereocenters. The van der Waals surface area contributed by atoms with Crippen LogP contribution < -0.4 is 5.32 Å². The second-order valence-electron chi connectivity index (χ2n) is 4.60. The Balaban J connectivity index is 0.00000144. The lowest BCUT2D eigenvalue weighted by Crippen LogP contribution is -2.23. The van der Waals surface area contributed by atoms with Crippen LogP contribution in [0.3, 0.4) is 0 Å². The van der Waals surface area contributed by atoms with Crippen molar-refractivity contribution in [2.75, 3.05) is 26.3 Å². The van der Waals surface area contributed by atoms with Crippen LogP contribution in [0, 0.1) is 11.8 Å². The van der Waals surface area contributed by atoms with Gasteiger partial charge in [-0.25, -0.2) is 0 Å². The van der Waals surface area contributed by atoms with Gasteiger partial charge in [0.05, 0.1) is 18.9 Å². The summed E-state index contributed by atoms with van der Waals surface area (Å²) in [6.45, 7) is 6.43. The fourth-order valence-electron chi connectivity index (χ4n) is 2.63. The van der Waals surface area contributed by atoms with Crippen LogP contribution in [0.5, 0.6) is 0 Å². The average Bonchev–Trinajstić information content (AvgIpc) is 2.96. The molecular formula is C11H23ClNO3P. The van der Waals surface area contributed by atoms with Crippen LogP contribution >= 0.6 is 20.0 Å². The Morgan fingerprint density at radius 1 is 1.18 bits per heavy atom. The van der Waals surface area contributed by atoms with Crippen molar-refractivity contribution in [2.24, 2.45) is 11.8 Å². The fourth-order valence-corrected chi connectivity index (χ4v) is 4.97. The summed E-state index contributed by atoms with van der Waals surface area (Å²) >= 11 is 0. The third kappa shape index (κ3) is 3.45. The van der Waals surface area contributed by atoms with Crippen LogP contribution in [0.1, 0.15) is 26.7 Å². The van der Waals surface area contributed by atoms with E-state index >= 15 is 0 Å². The SMILES string of the molecule is CCOP(=O)(OCC)C1CNCC1C1CC1.Cl. The van der Waals surface area contributed by atoms with Crippen molar-refractivity contribution in [3.8, 4) is 0 Å². The standard InChI is InChI=1S/C11H22NO3P.ClH/c1-3-14-16(13,15-4-2)11-8-12-7-10(11)9-5-6-9;/h9-12H,3-8H2,1-2H3;1H. The third-order valence-corrected chi connectivity index (χ3v) is 6.09. The summed E-state index contributed by atoms with van der Waals surface area (Å²) in [5.74, 6) is 1.23. The predicted molar refractivity (Wildman–Crippen MR) is 71.0 cm³/mol. The highest BCUT2D eigenvalue weighted by Crippen LogP contribution is 2.59. The Labute approximate surface area is 110 Å². The molecule has 0 spiro atoms. The van der Waals surface area contributed by atoms with Gasteiger partial charge in [-0.2, -0.15) is 0 Å². The molecule has 0 aromatic carbocycles. The minimum absolute atomic E-state index is 0. The first-order valence-corrected chi connectivity index (χ1v) is 7.92. The van der Waals surface area contributed by atoms with Gasteiger partial charge in [0, 0.05) is 6.54 Å². The summed E-state index contributed by atoms with van der Waals surface area (Å²) < 4.78 is 23.6. The van der Waals surface area contributed by atoms with Crippen molar-refractivity contribution in [1.29, 1.82) is 0 Å². The summed E-state index contributed by atoms with van der Waals surface area (Å²) in [6.07, 6.45) is 2.56. The van der Waals surface area contributed by atoms with E-state index in [2.05, 4.69) is 5.32 Å². The minimum Gasteiger partial charge on any atom is -0.315 e. The maximum atomic E-state index is 12.7. The lowest BCUT2D eigenvalue weighted by molar-refractivity contribution is 0.206. The van der Waals surface area contributed by atoms with Crippen molar-refractivity contribution in [3.05, 3.63) is 0 Å². The third-order valence-electron chi connectivity index (χ3n) is 3.48. The highest BCUT2D eigenvalue weighted by molar-refractivity contribution is 7.54. The van der Waals surface area contributed by atoms with E-state index in [0.717, 1.165) is 19.0 Å². The first-order valence-electron chi connectivity index (χ1n) is 6.30. The molecule has 6 heteroatoms. The molecule has 102 valence electrons. The molecule has 1 aliphatic heterocycles. The smallest absolute Gasteiger partial charge is 0.315 e. The van der Waals surface area contributed by atoms with Gasteiger partial charge in [-0.3, -0.25) is 4.57 Å². The van der Waals surface area contributed by atoms with Gasteiger partial charge < -0.3 is 14.4 Å². The largest absolute Gasteiger partial charge is 0.335 e. The summed E-state index contributed by atoms with van der Waals surface area (Å²) in [7, 11) is -2.90. The van der Waals surface area contributed by atoms with Crippen LogP contribution in [-0.4, -0.2) is 32.0 Å². The highest BCUT2D eigenvalue weighted by Gasteiger charge is 2.49. The topological polar surface area (TPSA) is 47.6 Å². The zero-order chi connectivity index (χ0) is 11.6. The van der Waals surface area contributed by atoms with Gasteiger partial charge in [-0.05, 0) is 45.1 Å². The van der Waals surface area contributed by atoms with E-state index in [1.54, 1.807) is 0 Å². The maximum absolute atomic E-state index is 12.7. The van der Waals surface area contributed by atoms with E-state index < -0.39 is 7.60 Å². The zero-order valence-electron chi connectivity index (χ0n) is 10.6. The molecular weight excluding hydrogens is 261 g/mol. The van der Waals surface area contributed by atoms with Crippen LogP contribution in [-0.2, 0) is 13.6 Å². The van der Waals surface area contributed by atoms with Crippen molar-refractivity contribution in [2.45, 2.75) is 32.3 Å². The molecule has 4 nitrogen and oxygen atoms in total. The quantitative estimate of drug-likeness (QED) is 0.762. The van der Waals surface area contributed by atoms with Gasteiger partial charge in [0.25, 0.3) is 0 Å². The second kappa shape index (κ2) is 6.53. The normalized spacial score (nSPS) is 29.1. The van der Waals surface area contributed by atoms with Crippen molar-refractivity contribution in [3.63, 3.8) is 0 Å². The maximum Gasteiger partial charge on any atom is 0.335 e. The summed E-state index contributed by atoms with van der Waals surface area (Å²) in [6, 6.07) is 0. The number of hydrogen-bond donors (Lipinski definition) is 1. The fraction of sp³-hybridized carbons (Fsp3) is 1.00. The van der Waals surface area contributed by atoms with Gasteiger partial charge in [-0.1, -0.05) is 0 Å². The summed E-state index contributed by atoms with van der Waals surface area (Å²) in [4.78, 5) is 0. The lowest BCUT2D eigenvalue weighted by Gasteiger charge is -2.26. The highest BCUT2D eigenvalue weighted by atomic mass is 35.5. The molecule has 2 aliphatic rings. The number of halogens is 1. The molecule has 1 saturated heterocycles. The molecule has 1 saturated carbocycles. The van der Waals surface area contributed by atoms with E-state index in [1.165, 1.54) is 12.8 Å². The van der Waals surface area contributed by atoms with Crippen LogP contribution in [0.2, 0.25) is 0 Å². The Morgan fingerprint density at radius 3 is 2.24 bits per heavy atom. The predicted octanol–water partition coefficient (Wildman–Crippen LogP) is 2.67. The van der Waals surface area contributed by atoms with E-state index in [9.17, 15) is 4.57 Å². The molecule has 2 fully saturated rings. The first-order chi connectivity index (χ1) is 7.71. The summed E-state index contributed by atoms with van der Waals surface area (Å²) in [5, 5.41) is 3.33. The number of nitrogens with one attached hydrogen (secondary N) is 1. The molecule has 17 heavy (non-hydrogen) atoms. The molecule has 0 radical (unpaired) electrons. The lowest BCUT2D eigenvalue weighted by atomic mass is 10.0. The van der Waals surface area contributed by atoms with E-state index in [4.69, 9.17) is 9.05 Å². The number of rotatable bonds is 6. The van der Waals surface area contributed by atoms with Gasteiger partial charge in [0.1, 0.15) is 0 Å². The number of hydrogen-bond acceptors (Lipinski definition) is 4. The van der Waals surface area contributed by atoms with Crippen molar-refractivity contribution >= 4 is 20.0 Å². The first kappa shape index (κ1) is 15.5. The summed E-state index contributed by atoms with van der Waals surface area (Å²) in [5.41, 5.74) is 0.0694. The molecule has 1 N–H and O–H groups in total. The molecule has 0 bridgehead atoms. The monoisotopic (exact) mass is 283 g/mol. The second-order valence-corrected chi connectivity index (χ2v) is 6.86. The molecule has 0 amide bonds. The van der Waals surface area contributed by atoms with Crippen LogP contribution in [0.15, 0.2) is 0 Å². The molecule has 0 aromatic heterocycles. The van der Waals surface area contributed by atoms with Gasteiger partial charge >= 0.3 is 7.60 Å². The molecule has 2 atom stereocenters. The van der Waals surface area contributed by atoms with Gasteiger partial charge in [-0.15, -0.1) is 12.4 Å². The molecule has 1 aliphatic carbocycles. The van der Waals surface area contributed by atoms with Gasteiger partial charge in [0.15, 0.2) is 0 Å². The molecule has 0 aromatic rings. The molecule has 2 rings (SSSR count). The Morgan fingerprint density at radius 2 is 1.76 bits per heavy atom. The van der Waals surface area contributed by atoms with Crippen LogP contribution in [0.4, 0.5) is 0 Å². The van der Waals surface area contributed by atoms with Crippen molar-refractivity contribution < 1.29 is 13.6 Å². The Bertz CT molecular complexity index is 276.